The molecule has 5 rings (SSSR count). The largest absolute Gasteiger partial charge is 0.490 e. The van der Waals surface area contributed by atoms with Gasteiger partial charge in [0.15, 0.2) is 32.4 Å². The Morgan fingerprint density at radius 2 is 1.79 bits per heavy atom. The van der Waals surface area contributed by atoms with Crippen LogP contribution in [0.3, 0.4) is 0 Å². The van der Waals surface area contributed by atoms with Crippen LogP contribution in [-0.4, -0.2) is 112 Å². The number of hydrogen-bond acceptors (Lipinski definition) is 13. The van der Waals surface area contributed by atoms with Crippen LogP contribution in [0.4, 0.5) is 17.5 Å². The van der Waals surface area contributed by atoms with Crippen LogP contribution >= 0.6 is 11.8 Å². The highest BCUT2D eigenvalue weighted by Crippen LogP contribution is 2.38. The summed E-state index contributed by atoms with van der Waals surface area (Å²) in [7, 11) is 3.37. The fourth-order valence-electron chi connectivity index (χ4n) is 5.11. The summed E-state index contributed by atoms with van der Waals surface area (Å²) >= 11 is 1.32. The van der Waals surface area contributed by atoms with Crippen molar-refractivity contribution < 1.29 is 22.7 Å². The number of carbonyl (C=O) groups is 1. The SMILES string of the molecule is COC(=O)c1cccc(CS(=O)(=O)c2ccc(Sc3nc(Nc4cc(C)[nH]n4)c(OC)c(N4CCN(CCN(C)C)CC4)n3)cc2)c1. The van der Waals surface area contributed by atoms with Crippen LogP contribution in [0.2, 0.25) is 0 Å². The molecule has 2 N–H and O–H groups in total. The molecule has 0 aliphatic carbocycles. The monoisotopic (exact) mass is 680 g/mol. The smallest absolute Gasteiger partial charge is 0.337 e. The fraction of sp³-hybridized carbons (Fsp3) is 0.375. The molecule has 0 amide bonds. The van der Waals surface area contributed by atoms with Gasteiger partial charge in [0.1, 0.15) is 0 Å². The highest BCUT2D eigenvalue weighted by Gasteiger charge is 2.26. The molecule has 0 spiro atoms. The average Bonchev–Trinajstić information content (AvgIpc) is 3.47. The predicted molar refractivity (Wildman–Crippen MR) is 182 cm³/mol. The molecular formula is C32H40N8O5S2. The average molecular weight is 681 g/mol. The number of likely N-dealkylation sites (N-methyl/N-ethyl adjacent to an activating group) is 1. The lowest BCUT2D eigenvalue weighted by Gasteiger charge is -2.36. The molecule has 13 nitrogen and oxygen atoms in total. The molecular weight excluding hydrogens is 641 g/mol. The van der Waals surface area contributed by atoms with Gasteiger partial charge in [-0.3, -0.25) is 10.00 Å². The van der Waals surface area contributed by atoms with Crippen molar-refractivity contribution in [2.45, 2.75) is 27.6 Å². The number of methoxy groups -OCH3 is 2. The number of aryl methyl sites for hydroxylation is 1. The molecule has 1 saturated heterocycles. The number of sulfone groups is 1. The summed E-state index contributed by atoms with van der Waals surface area (Å²) in [6.45, 7) is 7.27. The number of aromatic amines is 1. The van der Waals surface area contributed by atoms with E-state index >= 15 is 0 Å². The van der Waals surface area contributed by atoms with Gasteiger partial charge in [-0.1, -0.05) is 12.1 Å². The van der Waals surface area contributed by atoms with Crippen LogP contribution in [0.5, 0.6) is 5.75 Å². The third-order valence-electron chi connectivity index (χ3n) is 7.62. The quantitative estimate of drug-likeness (QED) is 0.156. The molecule has 4 aromatic rings. The van der Waals surface area contributed by atoms with E-state index in [1.165, 1.54) is 24.9 Å². The number of anilines is 3. The lowest BCUT2D eigenvalue weighted by atomic mass is 10.1. The maximum atomic E-state index is 13.2. The van der Waals surface area contributed by atoms with Gasteiger partial charge in [0.25, 0.3) is 0 Å². The molecule has 0 saturated carbocycles. The van der Waals surface area contributed by atoms with Gasteiger partial charge in [0, 0.05) is 55.9 Å². The maximum absolute atomic E-state index is 13.2. The normalized spacial score (nSPS) is 14.0. The number of ether oxygens (including phenoxy) is 2. The van der Waals surface area contributed by atoms with E-state index in [9.17, 15) is 13.2 Å². The van der Waals surface area contributed by atoms with E-state index in [1.807, 2.05) is 13.0 Å². The van der Waals surface area contributed by atoms with Gasteiger partial charge in [0.2, 0.25) is 5.75 Å². The van der Waals surface area contributed by atoms with Gasteiger partial charge in [-0.2, -0.15) is 5.10 Å². The minimum atomic E-state index is -3.68. The fourth-order valence-corrected chi connectivity index (χ4v) is 7.20. The van der Waals surface area contributed by atoms with Gasteiger partial charge < -0.3 is 24.6 Å². The maximum Gasteiger partial charge on any atom is 0.337 e. The standard InChI is InChI=1S/C32H40N8O5S2/c1-22-19-27(37-36-22)33-29-28(44-4)30(40-17-15-39(16-18-40)14-13-38(2)3)35-32(34-29)46-25-9-11-26(12-10-25)47(42,43)21-23-7-6-8-24(20-23)31(41)45-5/h6-12,19-20H,13-18,21H2,1-5H3,(H2,33,34,35,36,37). The van der Waals surface area contributed by atoms with Gasteiger partial charge in [-0.05, 0) is 74.7 Å². The van der Waals surface area contributed by atoms with E-state index in [-0.39, 0.29) is 10.6 Å². The summed E-state index contributed by atoms with van der Waals surface area (Å²) in [5.74, 6) is 1.51. The zero-order valence-electron chi connectivity index (χ0n) is 27.2. The van der Waals surface area contributed by atoms with Crippen molar-refractivity contribution in [3.63, 3.8) is 0 Å². The number of carbonyl (C=O) groups excluding carboxylic acids is 1. The minimum Gasteiger partial charge on any atom is -0.490 e. The Balaban J connectivity index is 1.37. The molecule has 1 fully saturated rings. The molecule has 250 valence electrons. The van der Waals surface area contributed by atoms with Gasteiger partial charge in [-0.25, -0.2) is 23.2 Å². The zero-order valence-corrected chi connectivity index (χ0v) is 28.8. The number of piperazine rings is 1. The van der Waals surface area contributed by atoms with Crippen molar-refractivity contribution in [1.29, 1.82) is 0 Å². The van der Waals surface area contributed by atoms with Crippen molar-refractivity contribution in [2.75, 3.05) is 77.8 Å². The number of aromatic nitrogens is 4. The molecule has 2 aromatic heterocycles. The summed E-state index contributed by atoms with van der Waals surface area (Å²) in [6, 6.07) is 14.9. The first-order chi connectivity index (χ1) is 22.5. The Kier molecular flexibility index (Phi) is 11.0. The summed E-state index contributed by atoms with van der Waals surface area (Å²) in [6.07, 6.45) is 0. The molecule has 0 radical (unpaired) electrons. The number of benzene rings is 2. The van der Waals surface area contributed by atoms with Crippen LogP contribution in [0.15, 0.2) is 69.5 Å². The number of esters is 1. The molecule has 47 heavy (non-hydrogen) atoms. The lowest BCUT2D eigenvalue weighted by molar-refractivity contribution is 0.0600. The van der Waals surface area contributed by atoms with Crippen LogP contribution in [0, 0.1) is 6.92 Å². The molecule has 1 aliphatic heterocycles. The molecule has 0 atom stereocenters. The van der Waals surface area contributed by atoms with E-state index in [4.69, 9.17) is 19.4 Å². The lowest BCUT2D eigenvalue weighted by Crippen LogP contribution is -2.48. The second-order valence-electron chi connectivity index (χ2n) is 11.4. The Bertz CT molecular complexity index is 1790. The first kappa shape index (κ1) is 34.2. The number of H-pyrrole nitrogens is 1. The summed E-state index contributed by atoms with van der Waals surface area (Å²) in [4.78, 5) is 29.4. The van der Waals surface area contributed by atoms with Crippen LogP contribution in [0.25, 0.3) is 0 Å². The van der Waals surface area contributed by atoms with E-state index in [1.54, 1.807) is 49.6 Å². The zero-order chi connectivity index (χ0) is 33.6. The summed E-state index contributed by atoms with van der Waals surface area (Å²) < 4.78 is 37.1. The van der Waals surface area contributed by atoms with Gasteiger partial charge in [-0.15, -0.1) is 0 Å². The van der Waals surface area contributed by atoms with Crippen molar-refractivity contribution >= 4 is 45.0 Å². The van der Waals surface area contributed by atoms with Crippen LogP contribution in [-0.2, 0) is 20.3 Å². The van der Waals surface area contributed by atoms with Crippen LogP contribution in [0.1, 0.15) is 21.6 Å². The molecule has 0 bridgehead atoms. The van der Waals surface area contributed by atoms with Crippen molar-refractivity contribution in [3.8, 4) is 5.75 Å². The second-order valence-corrected chi connectivity index (χ2v) is 14.5. The molecule has 0 unspecified atom stereocenters. The van der Waals surface area contributed by atoms with Crippen molar-refractivity contribution in [2.24, 2.45) is 0 Å². The molecule has 3 heterocycles. The van der Waals surface area contributed by atoms with E-state index in [0.717, 1.165) is 49.9 Å². The van der Waals surface area contributed by atoms with Gasteiger partial charge >= 0.3 is 5.97 Å². The number of rotatable bonds is 13. The highest BCUT2D eigenvalue weighted by atomic mass is 32.2. The summed E-state index contributed by atoms with van der Waals surface area (Å²) in [5, 5.41) is 11.0. The first-order valence-corrected chi connectivity index (χ1v) is 17.6. The number of nitrogens with zero attached hydrogens (tertiary/aromatic N) is 6. The Morgan fingerprint density at radius 1 is 1.04 bits per heavy atom. The number of hydrogen-bond donors (Lipinski definition) is 2. The predicted octanol–water partition coefficient (Wildman–Crippen LogP) is 3.86. The molecule has 15 heteroatoms. The third-order valence-corrected chi connectivity index (χ3v) is 10.2. The topological polar surface area (TPSA) is 146 Å². The van der Waals surface area contributed by atoms with E-state index in [0.29, 0.717) is 39.5 Å². The first-order valence-electron chi connectivity index (χ1n) is 15.1. The Morgan fingerprint density at radius 3 is 2.43 bits per heavy atom. The van der Waals surface area contributed by atoms with Crippen molar-refractivity contribution in [3.05, 3.63) is 71.4 Å². The molecule has 1 aliphatic rings. The Labute approximate surface area is 279 Å². The van der Waals surface area contributed by atoms with Gasteiger partial charge in [0.05, 0.1) is 30.4 Å². The molecule has 2 aromatic carbocycles. The van der Waals surface area contributed by atoms with Crippen molar-refractivity contribution in [1.82, 2.24) is 30.0 Å². The third kappa shape index (κ3) is 8.80. The highest BCUT2D eigenvalue weighted by molar-refractivity contribution is 7.99. The van der Waals surface area contributed by atoms with Crippen LogP contribution < -0.4 is 15.0 Å². The number of nitrogens with one attached hydrogen (secondary N) is 2. The Hall–Kier alpha value is -4.18. The minimum absolute atomic E-state index is 0.171. The van der Waals surface area contributed by atoms with E-state index < -0.39 is 15.8 Å². The summed E-state index contributed by atoms with van der Waals surface area (Å²) in [5.41, 5.74) is 1.69. The second kappa shape index (κ2) is 15.2. The van der Waals surface area contributed by atoms with E-state index in [2.05, 4.69) is 44.3 Å².